The minimum Gasteiger partial charge on any atom is -0.310 e. The zero-order valence-electron chi connectivity index (χ0n) is 36.2. The predicted octanol–water partition coefficient (Wildman–Crippen LogP) is 16.7. The fourth-order valence-electron chi connectivity index (χ4n) is 11.9. The van der Waals surface area contributed by atoms with Gasteiger partial charge in [-0.2, -0.15) is 0 Å². The Morgan fingerprint density at radius 2 is 0.921 bits per heavy atom. The molecule has 0 atom stereocenters. The van der Waals surface area contributed by atoms with Gasteiger partial charge in [0.15, 0.2) is 0 Å². The second kappa shape index (κ2) is 14.8. The van der Waals surface area contributed by atoms with E-state index in [2.05, 4.69) is 225 Å². The average Bonchev–Trinajstić information content (AvgIpc) is 3.77. The highest BCUT2D eigenvalue weighted by molar-refractivity contribution is 6.02. The highest BCUT2D eigenvalue weighted by Crippen LogP contribution is 2.59. The van der Waals surface area contributed by atoms with Gasteiger partial charge >= 0.3 is 0 Å². The van der Waals surface area contributed by atoms with E-state index in [0.717, 1.165) is 17.1 Å². The lowest BCUT2D eigenvalue weighted by molar-refractivity contribution is 0.443. The van der Waals surface area contributed by atoms with Crippen LogP contribution < -0.4 is 4.90 Å². The van der Waals surface area contributed by atoms with Crippen molar-refractivity contribution in [3.05, 3.63) is 245 Å². The molecule has 9 aromatic rings. The minimum absolute atomic E-state index is 0.145. The van der Waals surface area contributed by atoms with Gasteiger partial charge in [0.1, 0.15) is 0 Å². The SMILES string of the molecule is CC1(C)c2ccccc2-c2ccc(N(c3ccc4c(c3)C(c3ccccc3)(c3ccccc3)c3cc(C5CCCCC5)ccc3-4)c3ccccc3-c3cccc4ccccc34)cc21. The van der Waals surface area contributed by atoms with Crippen molar-refractivity contribution < 1.29 is 0 Å². The molecule has 63 heavy (non-hydrogen) atoms. The molecule has 1 heteroatoms. The van der Waals surface area contributed by atoms with E-state index in [1.165, 1.54) is 115 Å². The summed E-state index contributed by atoms with van der Waals surface area (Å²) in [5, 5.41) is 2.50. The summed E-state index contributed by atoms with van der Waals surface area (Å²) in [5.74, 6) is 0.601. The first kappa shape index (κ1) is 37.8. The molecule has 1 fully saturated rings. The summed E-state index contributed by atoms with van der Waals surface area (Å²) in [6.45, 7) is 4.77. The molecule has 3 aliphatic rings. The Balaban J connectivity index is 1.13. The number of anilines is 3. The van der Waals surface area contributed by atoms with Gasteiger partial charge in [0.2, 0.25) is 0 Å². The highest BCUT2D eigenvalue weighted by Gasteiger charge is 2.47. The molecule has 0 saturated heterocycles. The van der Waals surface area contributed by atoms with E-state index >= 15 is 0 Å². The zero-order valence-corrected chi connectivity index (χ0v) is 36.2. The van der Waals surface area contributed by atoms with Crippen molar-refractivity contribution in [2.75, 3.05) is 4.90 Å². The van der Waals surface area contributed by atoms with E-state index in [-0.39, 0.29) is 5.41 Å². The van der Waals surface area contributed by atoms with Crippen LogP contribution in [0.2, 0.25) is 0 Å². The van der Waals surface area contributed by atoms with E-state index < -0.39 is 5.41 Å². The first-order valence-corrected chi connectivity index (χ1v) is 23.0. The van der Waals surface area contributed by atoms with Crippen LogP contribution >= 0.6 is 0 Å². The average molecular weight is 810 g/mol. The Hall–Kier alpha value is -6.96. The number of rotatable bonds is 7. The van der Waals surface area contributed by atoms with E-state index in [1.807, 2.05) is 0 Å². The van der Waals surface area contributed by atoms with Crippen LogP contribution in [0.5, 0.6) is 0 Å². The first-order valence-electron chi connectivity index (χ1n) is 23.0. The van der Waals surface area contributed by atoms with Gasteiger partial charge in [-0.3, -0.25) is 0 Å². The maximum Gasteiger partial charge on any atom is 0.0714 e. The summed E-state index contributed by atoms with van der Waals surface area (Å²) in [7, 11) is 0. The zero-order chi connectivity index (χ0) is 42.1. The van der Waals surface area contributed by atoms with Crippen LogP contribution in [0.3, 0.4) is 0 Å². The van der Waals surface area contributed by atoms with Crippen molar-refractivity contribution in [3.8, 4) is 33.4 Å². The summed E-state index contributed by atoms with van der Waals surface area (Å²) in [6.07, 6.45) is 6.52. The molecule has 0 aliphatic heterocycles. The Morgan fingerprint density at radius 1 is 0.397 bits per heavy atom. The Bertz CT molecular complexity index is 3140. The molecule has 0 amide bonds. The van der Waals surface area contributed by atoms with Crippen molar-refractivity contribution >= 4 is 27.8 Å². The lowest BCUT2D eigenvalue weighted by atomic mass is 9.67. The molecule has 0 radical (unpaired) electrons. The van der Waals surface area contributed by atoms with Crippen LogP contribution in [0, 0.1) is 0 Å². The third kappa shape index (κ3) is 5.83. The lowest BCUT2D eigenvalue weighted by Gasteiger charge is -2.36. The molecule has 0 bridgehead atoms. The monoisotopic (exact) mass is 809 g/mol. The topological polar surface area (TPSA) is 3.24 Å². The van der Waals surface area contributed by atoms with E-state index in [1.54, 1.807) is 0 Å². The molecule has 1 saturated carbocycles. The smallest absolute Gasteiger partial charge is 0.0714 e. The van der Waals surface area contributed by atoms with Crippen LogP contribution in [0.15, 0.2) is 206 Å². The van der Waals surface area contributed by atoms with Gasteiger partial charge < -0.3 is 4.90 Å². The second-order valence-corrected chi connectivity index (χ2v) is 18.6. The van der Waals surface area contributed by atoms with Crippen molar-refractivity contribution in [2.24, 2.45) is 0 Å². The van der Waals surface area contributed by atoms with Gasteiger partial charge in [-0.15, -0.1) is 0 Å². The largest absolute Gasteiger partial charge is 0.310 e. The molecule has 1 nitrogen and oxygen atoms in total. The fraction of sp³-hybridized carbons (Fsp3) is 0.161. The molecular formula is C62H51N. The quantitative estimate of drug-likeness (QED) is 0.155. The summed E-state index contributed by atoms with van der Waals surface area (Å²) in [5.41, 5.74) is 20.1. The van der Waals surface area contributed by atoms with Crippen LogP contribution in [0.4, 0.5) is 17.1 Å². The molecule has 12 rings (SSSR count). The van der Waals surface area contributed by atoms with Crippen molar-refractivity contribution in [1.29, 1.82) is 0 Å². The van der Waals surface area contributed by atoms with Crippen molar-refractivity contribution in [1.82, 2.24) is 0 Å². The standard InChI is InChI=1S/C62H51N/c1-61(2)56-31-16-14-28-51(56)52-37-34-47(40-57(52)61)63(60-32-17-15-29-55(60)50-30-18-22-43-21-12-13-27-49(43)50)48-35-38-54-53-36-33-44(42-19-6-3-7-20-42)39-58(53)62(59(54)41-48,45-23-8-4-9-24-45)46-25-10-5-11-26-46/h4-5,8-18,21-42H,3,6-7,19-20H2,1-2H3. The van der Waals surface area contributed by atoms with Crippen LogP contribution in [0.25, 0.3) is 44.2 Å². The molecule has 0 N–H and O–H groups in total. The molecule has 3 aliphatic carbocycles. The molecule has 304 valence electrons. The summed E-state index contributed by atoms with van der Waals surface area (Å²) >= 11 is 0. The number of fused-ring (bicyclic) bond motifs is 7. The maximum atomic E-state index is 2.61. The number of benzene rings is 9. The van der Waals surface area contributed by atoms with Gasteiger partial charge in [-0.05, 0) is 127 Å². The normalized spacial score (nSPS) is 15.7. The van der Waals surface area contributed by atoms with Crippen LogP contribution in [-0.2, 0) is 10.8 Å². The Morgan fingerprint density at radius 3 is 1.65 bits per heavy atom. The molecule has 9 aromatic carbocycles. The summed E-state index contributed by atoms with van der Waals surface area (Å²) in [4.78, 5) is 2.55. The predicted molar refractivity (Wildman–Crippen MR) is 265 cm³/mol. The van der Waals surface area contributed by atoms with Gasteiger partial charge in [0, 0.05) is 22.4 Å². The molecule has 0 heterocycles. The number of hydrogen-bond donors (Lipinski definition) is 0. The van der Waals surface area contributed by atoms with E-state index in [0.29, 0.717) is 5.92 Å². The molecule has 0 aromatic heterocycles. The molecule has 0 spiro atoms. The first-order chi connectivity index (χ1) is 31.0. The van der Waals surface area contributed by atoms with E-state index in [4.69, 9.17) is 0 Å². The van der Waals surface area contributed by atoms with Crippen molar-refractivity contribution in [2.45, 2.75) is 62.7 Å². The number of para-hydroxylation sites is 1. The van der Waals surface area contributed by atoms with E-state index in [9.17, 15) is 0 Å². The molecular weight excluding hydrogens is 759 g/mol. The fourth-order valence-corrected chi connectivity index (χ4v) is 11.9. The van der Waals surface area contributed by atoms with Crippen LogP contribution in [0.1, 0.15) is 90.8 Å². The van der Waals surface area contributed by atoms with Gasteiger partial charge in [-0.25, -0.2) is 0 Å². The number of nitrogens with zero attached hydrogens (tertiary/aromatic N) is 1. The Kier molecular flexibility index (Phi) is 8.90. The van der Waals surface area contributed by atoms with Crippen molar-refractivity contribution in [3.63, 3.8) is 0 Å². The van der Waals surface area contributed by atoms with Gasteiger partial charge in [0.05, 0.1) is 11.1 Å². The molecule has 0 unspecified atom stereocenters. The summed E-state index contributed by atoms with van der Waals surface area (Å²) < 4.78 is 0. The highest BCUT2D eigenvalue weighted by atomic mass is 15.1. The lowest BCUT2D eigenvalue weighted by Crippen LogP contribution is -2.29. The summed E-state index contributed by atoms with van der Waals surface area (Å²) in [6, 6.07) is 78.3. The Labute approximate surface area is 372 Å². The van der Waals surface area contributed by atoms with Gasteiger partial charge in [0.25, 0.3) is 0 Å². The number of hydrogen-bond acceptors (Lipinski definition) is 1. The van der Waals surface area contributed by atoms with Crippen LogP contribution in [-0.4, -0.2) is 0 Å². The third-order valence-corrected chi connectivity index (χ3v) is 14.9. The van der Waals surface area contributed by atoms with Gasteiger partial charge in [-0.1, -0.05) is 209 Å². The minimum atomic E-state index is -0.518. The maximum absolute atomic E-state index is 2.61. The second-order valence-electron chi connectivity index (χ2n) is 18.6. The third-order valence-electron chi connectivity index (χ3n) is 14.9.